The van der Waals surface area contributed by atoms with Crippen molar-refractivity contribution in [2.45, 2.75) is 39.2 Å². The Morgan fingerprint density at radius 3 is 2.54 bits per heavy atom. The Bertz CT molecular complexity index is 519. The Morgan fingerprint density at radius 1 is 1.17 bits per heavy atom. The molecule has 0 spiro atoms. The Balaban J connectivity index is 0.00000288. The molecule has 6 heteroatoms. The lowest BCUT2D eigenvalue weighted by Crippen LogP contribution is -2.37. The van der Waals surface area contributed by atoms with Gasteiger partial charge >= 0.3 is 0 Å². The maximum atomic E-state index is 5.33. The summed E-state index contributed by atoms with van der Waals surface area (Å²) in [7, 11) is 3.29. The monoisotopic (exact) mass is 447 g/mol. The van der Waals surface area contributed by atoms with Crippen molar-refractivity contribution in [2.75, 3.05) is 27.3 Å². The molecule has 1 fully saturated rings. The van der Waals surface area contributed by atoms with E-state index >= 15 is 0 Å². The molecule has 136 valence electrons. The first-order valence-corrected chi connectivity index (χ1v) is 8.50. The van der Waals surface area contributed by atoms with Crippen LogP contribution in [0.5, 0.6) is 11.5 Å². The summed E-state index contributed by atoms with van der Waals surface area (Å²) >= 11 is 0. The minimum atomic E-state index is 0. The fraction of sp³-hybridized carbons (Fsp3) is 0.611. The first kappa shape index (κ1) is 20.9. The Morgan fingerprint density at radius 2 is 1.92 bits per heavy atom. The van der Waals surface area contributed by atoms with Gasteiger partial charge in [-0.05, 0) is 43.4 Å². The van der Waals surface area contributed by atoms with Crippen LogP contribution in [0, 0.1) is 5.92 Å². The minimum absolute atomic E-state index is 0. The molecule has 0 radical (unpaired) electrons. The van der Waals surface area contributed by atoms with Gasteiger partial charge in [-0.1, -0.05) is 18.9 Å². The molecule has 0 heterocycles. The third-order valence-electron chi connectivity index (χ3n) is 3.99. The molecular weight excluding hydrogens is 417 g/mol. The number of ether oxygens (including phenoxy) is 2. The average Bonchev–Trinajstić information content (AvgIpc) is 3.40. The largest absolute Gasteiger partial charge is 0.493 e. The normalized spacial score (nSPS) is 13.9. The topological polar surface area (TPSA) is 54.9 Å². The number of hydrogen-bond donors (Lipinski definition) is 2. The molecule has 1 saturated carbocycles. The average molecular weight is 447 g/mol. The maximum Gasteiger partial charge on any atom is 0.191 e. The number of aliphatic imine (C=N–C) groups is 1. The fourth-order valence-electron chi connectivity index (χ4n) is 2.50. The van der Waals surface area contributed by atoms with E-state index in [9.17, 15) is 0 Å². The van der Waals surface area contributed by atoms with Crippen molar-refractivity contribution in [1.29, 1.82) is 0 Å². The SMILES string of the molecule is CCNC(=NCc1ccc(OC)c(OC)c1)NCCCC1CC1.I. The van der Waals surface area contributed by atoms with Gasteiger partial charge in [0, 0.05) is 13.1 Å². The molecule has 1 aliphatic carbocycles. The van der Waals surface area contributed by atoms with Gasteiger partial charge in [-0.2, -0.15) is 0 Å². The second-order valence-corrected chi connectivity index (χ2v) is 5.90. The van der Waals surface area contributed by atoms with Crippen molar-refractivity contribution < 1.29 is 9.47 Å². The smallest absolute Gasteiger partial charge is 0.191 e. The van der Waals surface area contributed by atoms with Crippen molar-refractivity contribution >= 4 is 29.9 Å². The summed E-state index contributed by atoms with van der Waals surface area (Å²) in [5, 5.41) is 6.70. The molecule has 0 atom stereocenters. The van der Waals surface area contributed by atoms with E-state index in [4.69, 9.17) is 9.47 Å². The summed E-state index contributed by atoms with van der Waals surface area (Å²) in [6, 6.07) is 5.90. The lowest BCUT2D eigenvalue weighted by molar-refractivity contribution is 0.354. The lowest BCUT2D eigenvalue weighted by atomic mass is 10.2. The zero-order valence-corrected chi connectivity index (χ0v) is 17.3. The lowest BCUT2D eigenvalue weighted by Gasteiger charge is -2.12. The van der Waals surface area contributed by atoms with Gasteiger partial charge < -0.3 is 20.1 Å². The molecule has 1 aromatic carbocycles. The van der Waals surface area contributed by atoms with Crippen molar-refractivity contribution in [2.24, 2.45) is 10.9 Å². The van der Waals surface area contributed by atoms with E-state index in [1.54, 1.807) is 14.2 Å². The predicted octanol–water partition coefficient (Wildman–Crippen LogP) is 3.57. The number of methoxy groups -OCH3 is 2. The Labute approximate surface area is 162 Å². The summed E-state index contributed by atoms with van der Waals surface area (Å²) in [5.41, 5.74) is 1.10. The van der Waals surface area contributed by atoms with Crippen LogP contribution in [-0.4, -0.2) is 33.3 Å². The second-order valence-electron chi connectivity index (χ2n) is 5.90. The highest BCUT2D eigenvalue weighted by Gasteiger charge is 2.19. The van der Waals surface area contributed by atoms with Gasteiger partial charge in [-0.25, -0.2) is 4.99 Å². The molecule has 0 unspecified atom stereocenters. The number of nitrogens with one attached hydrogen (secondary N) is 2. The van der Waals surface area contributed by atoms with Crippen LogP contribution in [0.1, 0.15) is 38.2 Å². The Hall–Kier alpha value is -1.18. The summed E-state index contributed by atoms with van der Waals surface area (Å²) in [4.78, 5) is 4.64. The van der Waals surface area contributed by atoms with Crippen molar-refractivity contribution in [3.63, 3.8) is 0 Å². The number of hydrogen-bond acceptors (Lipinski definition) is 3. The van der Waals surface area contributed by atoms with E-state index in [1.165, 1.54) is 25.7 Å². The van der Waals surface area contributed by atoms with E-state index in [1.807, 2.05) is 18.2 Å². The highest BCUT2D eigenvalue weighted by molar-refractivity contribution is 14.0. The van der Waals surface area contributed by atoms with Crippen LogP contribution in [0.15, 0.2) is 23.2 Å². The van der Waals surface area contributed by atoms with Crippen LogP contribution < -0.4 is 20.1 Å². The predicted molar refractivity (Wildman–Crippen MR) is 110 cm³/mol. The van der Waals surface area contributed by atoms with E-state index in [0.717, 1.165) is 42.0 Å². The van der Waals surface area contributed by atoms with Crippen LogP contribution in [0.3, 0.4) is 0 Å². The number of rotatable bonds is 9. The highest BCUT2D eigenvalue weighted by Crippen LogP contribution is 2.33. The quantitative estimate of drug-likeness (QED) is 0.263. The molecule has 0 amide bonds. The zero-order chi connectivity index (χ0) is 16.5. The summed E-state index contributed by atoms with van der Waals surface area (Å²) in [6.07, 6.45) is 5.40. The van der Waals surface area contributed by atoms with Gasteiger partial charge in [0.05, 0.1) is 20.8 Å². The van der Waals surface area contributed by atoms with E-state index in [2.05, 4.69) is 22.5 Å². The van der Waals surface area contributed by atoms with E-state index < -0.39 is 0 Å². The first-order valence-electron chi connectivity index (χ1n) is 8.50. The van der Waals surface area contributed by atoms with Crippen LogP contribution in [0.2, 0.25) is 0 Å². The van der Waals surface area contributed by atoms with E-state index in [-0.39, 0.29) is 24.0 Å². The number of benzene rings is 1. The molecule has 5 nitrogen and oxygen atoms in total. The van der Waals surface area contributed by atoms with Crippen molar-refractivity contribution in [1.82, 2.24) is 10.6 Å². The third kappa shape index (κ3) is 7.15. The van der Waals surface area contributed by atoms with Gasteiger partial charge in [0.15, 0.2) is 17.5 Å². The molecule has 0 saturated heterocycles. The molecule has 0 aliphatic heterocycles. The zero-order valence-electron chi connectivity index (χ0n) is 14.9. The van der Waals surface area contributed by atoms with Gasteiger partial charge in [0.25, 0.3) is 0 Å². The molecule has 1 aliphatic rings. The van der Waals surface area contributed by atoms with E-state index in [0.29, 0.717) is 6.54 Å². The number of nitrogens with zero attached hydrogens (tertiary/aromatic N) is 1. The molecule has 24 heavy (non-hydrogen) atoms. The molecule has 2 rings (SSSR count). The molecule has 0 bridgehead atoms. The first-order chi connectivity index (χ1) is 11.3. The maximum absolute atomic E-state index is 5.33. The summed E-state index contributed by atoms with van der Waals surface area (Å²) in [6.45, 7) is 4.53. The van der Waals surface area contributed by atoms with Gasteiger partial charge in [-0.3, -0.25) is 0 Å². The van der Waals surface area contributed by atoms with Gasteiger partial charge in [0.1, 0.15) is 0 Å². The molecule has 2 N–H and O–H groups in total. The van der Waals surface area contributed by atoms with Crippen molar-refractivity contribution in [3.8, 4) is 11.5 Å². The number of guanidine groups is 1. The third-order valence-corrected chi connectivity index (χ3v) is 3.99. The van der Waals surface area contributed by atoms with Crippen LogP contribution in [0.25, 0.3) is 0 Å². The standard InChI is InChI=1S/C18H29N3O2.HI/c1-4-19-18(20-11-5-6-14-7-8-14)21-13-15-9-10-16(22-2)17(12-15)23-3;/h9-10,12,14H,4-8,11,13H2,1-3H3,(H2,19,20,21);1H. The van der Waals surface area contributed by atoms with Crippen molar-refractivity contribution in [3.05, 3.63) is 23.8 Å². The minimum Gasteiger partial charge on any atom is -0.493 e. The second kappa shape index (κ2) is 11.4. The summed E-state index contributed by atoms with van der Waals surface area (Å²) in [5.74, 6) is 3.34. The van der Waals surface area contributed by atoms with Gasteiger partial charge in [0.2, 0.25) is 0 Å². The highest BCUT2D eigenvalue weighted by atomic mass is 127. The molecule has 1 aromatic rings. The molecule has 0 aromatic heterocycles. The van der Waals surface area contributed by atoms with Gasteiger partial charge in [-0.15, -0.1) is 24.0 Å². The molecular formula is C18H30IN3O2. The van der Waals surface area contributed by atoms with Crippen LogP contribution in [-0.2, 0) is 6.54 Å². The number of halogens is 1. The fourth-order valence-corrected chi connectivity index (χ4v) is 2.50. The van der Waals surface area contributed by atoms with Crippen LogP contribution in [0.4, 0.5) is 0 Å². The van der Waals surface area contributed by atoms with Crippen LogP contribution >= 0.6 is 24.0 Å². The Kier molecular flexibility index (Phi) is 9.90. The summed E-state index contributed by atoms with van der Waals surface area (Å²) < 4.78 is 10.6.